The van der Waals surface area contributed by atoms with Gasteiger partial charge < -0.3 is 15.4 Å². The van der Waals surface area contributed by atoms with E-state index in [2.05, 4.69) is 15.7 Å². The van der Waals surface area contributed by atoms with Crippen LogP contribution in [0, 0.1) is 19.7 Å². The largest absolute Gasteiger partial charge is 0.481 e. The van der Waals surface area contributed by atoms with E-state index in [9.17, 15) is 14.0 Å². The molecule has 1 aromatic heterocycles. The number of para-hydroxylation sites is 1. The van der Waals surface area contributed by atoms with Crippen LogP contribution in [0.3, 0.4) is 0 Å². The molecule has 7 nitrogen and oxygen atoms in total. The van der Waals surface area contributed by atoms with Gasteiger partial charge in [0.25, 0.3) is 5.91 Å². The smallest absolute Gasteiger partial charge is 0.262 e. The fourth-order valence-corrected chi connectivity index (χ4v) is 3.21. The average molecular weight is 445 g/mol. The number of hydrogen-bond donors (Lipinski definition) is 2. The van der Waals surface area contributed by atoms with E-state index in [1.807, 2.05) is 19.9 Å². The molecule has 0 spiro atoms. The van der Waals surface area contributed by atoms with Crippen LogP contribution in [0.2, 0.25) is 5.02 Å². The molecular formula is C22H22ClFN4O3. The summed E-state index contributed by atoms with van der Waals surface area (Å²) in [4.78, 5) is 24.7. The first-order chi connectivity index (χ1) is 14.7. The Hall–Kier alpha value is -3.39. The second-order valence-electron chi connectivity index (χ2n) is 7.00. The van der Waals surface area contributed by atoms with Crippen LogP contribution >= 0.6 is 11.6 Å². The summed E-state index contributed by atoms with van der Waals surface area (Å²) in [5.74, 6) is -1.31. The van der Waals surface area contributed by atoms with E-state index in [1.165, 1.54) is 24.3 Å². The molecule has 0 aliphatic carbocycles. The normalized spacial score (nSPS) is 11.6. The molecule has 3 aromatic rings. The molecule has 2 amide bonds. The molecular weight excluding hydrogens is 423 g/mol. The summed E-state index contributed by atoms with van der Waals surface area (Å²) < 4.78 is 20.4. The quantitative estimate of drug-likeness (QED) is 0.561. The minimum Gasteiger partial charge on any atom is -0.481 e. The predicted octanol–water partition coefficient (Wildman–Crippen LogP) is 4.51. The lowest BCUT2D eigenvalue weighted by molar-refractivity contribution is -0.119. The number of anilines is 2. The Bertz CT molecular complexity index is 1120. The van der Waals surface area contributed by atoms with Gasteiger partial charge in [0.2, 0.25) is 5.91 Å². The molecule has 0 unspecified atom stereocenters. The van der Waals surface area contributed by atoms with Gasteiger partial charge in [0, 0.05) is 11.4 Å². The van der Waals surface area contributed by atoms with E-state index in [4.69, 9.17) is 16.3 Å². The summed E-state index contributed by atoms with van der Waals surface area (Å²) in [6, 6.07) is 11.9. The molecule has 31 heavy (non-hydrogen) atoms. The first-order valence-corrected chi connectivity index (χ1v) is 9.92. The first-order valence-electron chi connectivity index (χ1n) is 9.55. The number of amides is 2. The molecule has 0 saturated heterocycles. The standard InChI is InChI=1S/C22H22ClFN4O3/c1-13-10-14(2)28(27-13)15(3)22(30)26-19-9-8-16(11-17(19)23)25-21(29)12-31-20-7-5-4-6-18(20)24/h4-11,15H,12H2,1-3H3,(H,25,29)(H,26,30)/t15-/m0/s1. The highest BCUT2D eigenvalue weighted by Crippen LogP contribution is 2.26. The zero-order valence-electron chi connectivity index (χ0n) is 17.3. The zero-order chi connectivity index (χ0) is 22.5. The van der Waals surface area contributed by atoms with Gasteiger partial charge in [-0.15, -0.1) is 0 Å². The minimum atomic E-state index is -0.548. The van der Waals surface area contributed by atoms with Gasteiger partial charge in [-0.2, -0.15) is 5.10 Å². The molecule has 2 aromatic carbocycles. The third-order valence-corrected chi connectivity index (χ3v) is 4.81. The average Bonchev–Trinajstić information content (AvgIpc) is 3.06. The number of aromatic nitrogens is 2. The van der Waals surface area contributed by atoms with Crippen LogP contribution in [0.15, 0.2) is 48.5 Å². The monoisotopic (exact) mass is 444 g/mol. The number of halogens is 2. The van der Waals surface area contributed by atoms with E-state index in [0.29, 0.717) is 11.4 Å². The van der Waals surface area contributed by atoms with Gasteiger partial charge in [-0.05, 0) is 57.2 Å². The fraction of sp³-hybridized carbons (Fsp3) is 0.227. The van der Waals surface area contributed by atoms with Crippen molar-refractivity contribution in [2.24, 2.45) is 0 Å². The predicted molar refractivity (Wildman–Crippen MR) is 117 cm³/mol. The second-order valence-corrected chi connectivity index (χ2v) is 7.41. The van der Waals surface area contributed by atoms with E-state index in [0.717, 1.165) is 11.4 Å². The topological polar surface area (TPSA) is 85.2 Å². The number of benzene rings is 2. The second kappa shape index (κ2) is 9.61. The summed E-state index contributed by atoms with van der Waals surface area (Å²) in [5, 5.41) is 9.96. The van der Waals surface area contributed by atoms with Crippen LogP contribution in [0.5, 0.6) is 5.75 Å². The Morgan fingerprint density at radius 1 is 1.16 bits per heavy atom. The summed E-state index contributed by atoms with van der Waals surface area (Å²) in [6.07, 6.45) is 0. The van der Waals surface area contributed by atoms with Crippen LogP contribution in [-0.2, 0) is 9.59 Å². The Morgan fingerprint density at radius 3 is 2.55 bits per heavy atom. The lowest BCUT2D eigenvalue weighted by Crippen LogP contribution is -2.25. The molecule has 3 rings (SSSR count). The molecule has 9 heteroatoms. The maximum absolute atomic E-state index is 13.5. The third kappa shape index (κ3) is 5.61. The Labute approximate surface area is 184 Å². The maximum atomic E-state index is 13.5. The number of nitrogens with zero attached hydrogens (tertiary/aromatic N) is 2. The first kappa shape index (κ1) is 22.3. The zero-order valence-corrected chi connectivity index (χ0v) is 18.0. The number of carbonyl (C=O) groups excluding carboxylic acids is 2. The van der Waals surface area contributed by atoms with Crippen molar-refractivity contribution in [2.75, 3.05) is 17.2 Å². The number of hydrogen-bond acceptors (Lipinski definition) is 4. The Kier molecular flexibility index (Phi) is 6.91. The van der Waals surface area contributed by atoms with Crippen molar-refractivity contribution in [3.8, 4) is 5.75 Å². The van der Waals surface area contributed by atoms with Crippen molar-refractivity contribution >= 4 is 34.8 Å². The Morgan fingerprint density at radius 2 is 1.90 bits per heavy atom. The fourth-order valence-electron chi connectivity index (χ4n) is 2.98. The molecule has 162 valence electrons. The molecule has 0 aliphatic rings. The van der Waals surface area contributed by atoms with Gasteiger partial charge in [0.05, 0.1) is 16.4 Å². The van der Waals surface area contributed by atoms with Gasteiger partial charge in [0.1, 0.15) is 6.04 Å². The van der Waals surface area contributed by atoms with Crippen molar-refractivity contribution < 1.29 is 18.7 Å². The van der Waals surface area contributed by atoms with Gasteiger partial charge in [0.15, 0.2) is 18.2 Å². The molecule has 0 bridgehead atoms. The van der Waals surface area contributed by atoms with Gasteiger partial charge >= 0.3 is 0 Å². The molecule has 0 radical (unpaired) electrons. The van der Waals surface area contributed by atoms with Crippen molar-refractivity contribution in [3.63, 3.8) is 0 Å². The molecule has 2 N–H and O–H groups in total. The number of nitrogens with one attached hydrogen (secondary N) is 2. The van der Waals surface area contributed by atoms with Crippen molar-refractivity contribution in [3.05, 3.63) is 70.8 Å². The third-order valence-electron chi connectivity index (χ3n) is 4.50. The molecule has 1 atom stereocenters. The van der Waals surface area contributed by atoms with Gasteiger partial charge in [-0.1, -0.05) is 23.7 Å². The van der Waals surface area contributed by atoms with Crippen molar-refractivity contribution in [1.29, 1.82) is 0 Å². The minimum absolute atomic E-state index is 0.00882. The number of aryl methyl sites for hydroxylation is 2. The maximum Gasteiger partial charge on any atom is 0.262 e. The molecule has 0 aliphatic heterocycles. The summed E-state index contributed by atoms with van der Waals surface area (Å²) in [5.41, 5.74) is 2.52. The summed E-state index contributed by atoms with van der Waals surface area (Å²) >= 11 is 6.27. The van der Waals surface area contributed by atoms with Crippen molar-refractivity contribution in [1.82, 2.24) is 9.78 Å². The Balaban J connectivity index is 1.59. The SMILES string of the molecule is Cc1cc(C)n([C@@H](C)C(=O)Nc2ccc(NC(=O)COc3ccccc3F)cc2Cl)n1. The van der Waals surface area contributed by atoms with E-state index in [-0.39, 0.29) is 23.3 Å². The molecule has 1 heterocycles. The van der Waals surface area contributed by atoms with E-state index >= 15 is 0 Å². The molecule has 0 fully saturated rings. The van der Waals surface area contributed by atoms with Crippen LogP contribution in [-0.4, -0.2) is 28.2 Å². The highest BCUT2D eigenvalue weighted by Gasteiger charge is 2.19. The molecule has 0 saturated carbocycles. The lowest BCUT2D eigenvalue weighted by Gasteiger charge is -2.16. The highest BCUT2D eigenvalue weighted by atomic mass is 35.5. The summed E-state index contributed by atoms with van der Waals surface area (Å²) in [7, 11) is 0. The number of ether oxygens (including phenoxy) is 1. The van der Waals surface area contributed by atoms with Crippen LogP contribution in [0.4, 0.5) is 15.8 Å². The highest BCUT2D eigenvalue weighted by molar-refractivity contribution is 6.34. The van der Waals surface area contributed by atoms with Crippen LogP contribution < -0.4 is 15.4 Å². The van der Waals surface area contributed by atoms with E-state index in [1.54, 1.807) is 29.8 Å². The number of rotatable bonds is 7. The van der Waals surface area contributed by atoms with Crippen LogP contribution in [0.25, 0.3) is 0 Å². The van der Waals surface area contributed by atoms with Gasteiger partial charge in [-0.25, -0.2) is 4.39 Å². The van der Waals surface area contributed by atoms with Crippen LogP contribution in [0.1, 0.15) is 24.4 Å². The number of carbonyl (C=O) groups is 2. The summed E-state index contributed by atoms with van der Waals surface area (Å²) in [6.45, 7) is 5.12. The van der Waals surface area contributed by atoms with Gasteiger partial charge in [-0.3, -0.25) is 14.3 Å². The van der Waals surface area contributed by atoms with Crippen molar-refractivity contribution in [2.45, 2.75) is 26.8 Å². The lowest BCUT2D eigenvalue weighted by atomic mass is 10.2. The van der Waals surface area contributed by atoms with E-state index < -0.39 is 17.8 Å².